The van der Waals surface area contributed by atoms with Crippen molar-refractivity contribution >= 4 is 40.8 Å². The minimum Gasteiger partial charge on any atom is -0.480 e. The summed E-state index contributed by atoms with van der Waals surface area (Å²) in [4.78, 5) is 25.7. The molecule has 3 atom stereocenters. The molecule has 1 amide bonds. The van der Waals surface area contributed by atoms with Crippen LogP contribution in [0.2, 0.25) is 0 Å². The maximum absolute atomic E-state index is 12.1. The number of hydrogen-bond donors (Lipinski definition) is 3. The van der Waals surface area contributed by atoms with Gasteiger partial charge in [-0.15, -0.1) is 23.2 Å². The van der Waals surface area contributed by atoms with E-state index in [1.54, 1.807) is 0 Å². The average Bonchev–Trinajstić information content (AvgIpc) is 2.60. The fourth-order valence-electron chi connectivity index (χ4n) is 2.98. The topological polar surface area (TPSA) is 95.7 Å². The van der Waals surface area contributed by atoms with Crippen LogP contribution in [-0.4, -0.2) is 53.9 Å². The number of alkyl halides is 2. The number of nitrogens with zero attached hydrogens (tertiary/aromatic N) is 1. The highest BCUT2D eigenvalue weighted by Crippen LogP contribution is 2.25. The summed E-state index contributed by atoms with van der Waals surface area (Å²) in [6.45, 7) is 1.37. The normalized spacial score (nSPS) is 20.1. The second-order valence-corrected chi connectivity index (χ2v) is 7.24. The van der Waals surface area contributed by atoms with Crippen LogP contribution in [0.3, 0.4) is 0 Å². The standard InChI is InChI=1S/C18H25Cl2N3O3/c19-7-9-23(10-8-20)13-3-1-12(2-4-13)11-16(18(25)26)22-17(24)14-5-6-15(14)21/h1-4,14-16H,5-11,21H2,(H,22,24)(H,25,26). The van der Waals surface area contributed by atoms with Gasteiger partial charge in [-0.25, -0.2) is 4.79 Å². The molecule has 1 saturated carbocycles. The van der Waals surface area contributed by atoms with E-state index in [-0.39, 0.29) is 24.3 Å². The molecule has 1 aromatic rings. The van der Waals surface area contributed by atoms with Gasteiger partial charge < -0.3 is 21.1 Å². The van der Waals surface area contributed by atoms with E-state index in [0.717, 1.165) is 17.7 Å². The Balaban J connectivity index is 1.99. The number of carbonyl (C=O) groups excluding carboxylic acids is 1. The maximum Gasteiger partial charge on any atom is 0.326 e. The van der Waals surface area contributed by atoms with Gasteiger partial charge in [-0.1, -0.05) is 12.1 Å². The first-order valence-electron chi connectivity index (χ1n) is 8.70. The first-order valence-corrected chi connectivity index (χ1v) is 9.77. The molecule has 0 aliphatic heterocycles. The quantitative estimate of drug-likeness (QED) is 0.519. The van der Waals surface area contributed by atoms with Gasteiger partial charge in [0, 0.05) is 43.0 Å². The number of rotatable bonds is 10. The minimum atomic E-state index is -1.05. The van der Waals surface area contributed by atoms with Crippen LogP contribution in [0.15, 0.2) is 24.3 Å². The van der Waals surface area contributed by atoms with Crippen molar-refractivity contribution in [2.45, 2.75) is 31.3 Å². The third-order valence-electron chi connectivity index (χ3n) is 4.73. The van der Waals surface area contributed by atoms with Gasteiger partial charge in [0.15, 0.2) is 0 Å². The molecule has 3 unspecified atom stereocenters. The van der Waals surface area contributed by atoms with E-state index < -0.39 is 12.0 Å². The number of aliphatic carboxylic acids is 1. The number of amides is 1. The van der Waals surface area contributed by atoms with Crippen LogP contribution >= 0.6 is 23.2 Å². The van der Waals surface area contributed by atoms with Crippen LogP contribution in [0.1, 0.15) is 18.4 Å². The molecule has 1 aromatic carbocycles. The van der Waals surface area contributed by atoms with Crippen molar-refractivity contribution in [3.8, 4) is 0 Å². The molecule has 0 radical (unpaired) electrons. The zero-order valence-corrected chi connectivity index (χ0v) is 16.0. The first-order chi connectivity index (χ1) is 12.5. The van der Waals surface area contributed by atoms with E-state index in [2.05, 4.69) is 10.2 Å². The fourth-order valence-corrected chi connectivity index (χ4v) is 3.39. The Kier molecular flexibility index (Phi) is 8.00. The summed E-state index contributed by atoms with van der Waals surface area (Å²) in [6, 6.07) is 6.42. The Hall–Kier alpha value is -1.50. The molecule has 0 aromatic heterocycles. The molecule has 6 nitrogen and oxygen atoms in total. The van der Waals surface area contributed by atoms with Gasteiger partial charge in [0.1, 0.15) is 6.04 Å². The van der Waals surface area contributed by atoms with Crippen molar-refractivity contribution in [3.63, 3.8) is 0 Å². The van der Waals surface area contributed by atoms with Gasteiger partial charge in [-0.05, 0) is 30.5 Å². The summed E-state index contributed by atoms with van der Waals surface area (Å²) >= 11 is 11.6. The summed E-state index contributed by atoms with van der Waals surface area (Å²) in [5.41, 5.74) is 7.60. The van der Waals surface area contributed by atoms with Crippen LogP contribution in [0.4, 0.5) is 5.69 Å². The number of carbonyl (C=O) groups is 2. The highest BCUT2D eigenvalue weighted by atomic mass is 35.5. The van der Waals surface area contributed by atoms with Crippen LogP contribution in [0.25, 0.3) is 0 Å². The molecule has 1 aliphatic carbocycles. The number of hydrogen-bond acceptors (Lipinski definition) is 4. The molecule has 26 heavy (non-hydrogen) atoms. The number of halogens is 2. The molecule has 1 fully saturated rings. The molecular weight excluding hydrogens is 377 g/mol. The molecule has 0 saturated heterocycles. The Bertz CT molecular complexity index is 606. The lowest BCUT2D eigenvalue weighted by atomic mass is 9.79. The number of benzene rings is 1. The van der Waals surface area contributed by atoms with E-state index in [0.29, 0.717) is 31.3 Å². The van der Waals surface area contributed by atoms with E-state index in [9.17, 15) is 14.7 Å². The lowest BCUT2D eigenvalue weighted by molar-refractivity contribution is -0.143. The number of nitrogens with one attached hydrogen (secondary N) is 1. The Morgan fingerprint density at radius 1 is 1.19 bits per heavy atom. The third-order valence-corrected chi connectivity index (χ3v) is 5.07. The predicted octanol–water partition coefficient (Wildman–Crippen LogP) is 1.82. The summed E-state index contributed by atoms with van der Waals surface area (Å²) in [5, 5.41) is 12.0. The lowest BCUT2D eigenvalue weighted by Crippen LogP contribution is -2.53. The van der Waals surface area contributed by atoms with Crippen molar-refractivity contribution in [2.24, 2.45) is 11.7 Å². The molecule has 4 N–H and O–H groups in total. The molecule has 144 valence electrons. The number of nitrogens with two attached hydrogens (primary N) is 1. The van der Waals surface area contributed by atoms with Gasteiger partial charge in [-0.3, -0.25) is 4.79 Å². The Morgan fingerprint density at radius 2 is 1.81 bits per heavy atom. The second-order valence-electron chi connectivity index (χ2n) is 6.48. The largest absolute Gasteiger partial charge is 0.480 e. The highest BCUT2D eigenvalue weighted by molar-refractivity contribution is 6.18. The molecule has 0 bridgehead atoms. The van der Waals surface area contributed by atoms with E-state index >= 15 is 0 Å². The van der Waals surface area contributed by atoms with Gasteiger partial charge >= 0.3 is 5.97 Å². The number of carboxylic acid groups (broad SMARTS) is 1. The van der Waals surface area contributed by atoms with Crippen molar-refractivity contribution in [1.29, 1.82) is 0 Å². The molecule has 1 aliphatic rings. The average molecular weight is 402 g/mol. The molecule has 0 heterocycles. The molecule has 0 spiro atoms. The van der Waals surface area contributed by atoms with Crippen LogP contribution < -0.4 is 16.0 Å². The van der Waals surface area contributed by atoms with Gasteiger partial charge in [0.05, 0.1) is 5.92 Å². The Morgan fingerprint density at radius 3 is 2.23 bits per heavy atom. The fraction of sp³-hybridized carbons (Fsp3) is 0.556. The monoisotopic (exact) mass is 401 g/mol. The third kappa shape index (κ3) is 5.50. The van der Waals surface area contributed by atoms with E-state index in [1.165, 1.54) is 0 Å². The van der Waals surface area contributed by atoms with Gasteiger partial charge in [0.25, 0.3) is 0 Å². The van der Waals surface area contributed by atoms with Crippen molar-refractivity contribution in [1.82, 2.24) is 5.32 Å². The second kappa shape index (κ2) is 10.00. The van der Waals surface area contributed by atoms with Crippen molar-refractivity contribution < 1.29 is 14.7 Å². The zero-order chi connectivity index (χ0) is 19.1. The van der Waals surface area contributed by atoms with Crippen molar-refractivity contribution in [3.05, 3.63) is 29.8 Å². The van der Waals surface area contributed by atoms with E-state index in [4.69, 9.17) is 28.9 Å². The molecular formula is C18H25Cl2N3O3. The van der Waals surface area contributed by atoms with Gasteiger partial charge in [0.2, 0.25) is 5.91 Å². The maximum atomic E-state index is 12.1. The van der Waals surface area contributed by atoms with Crippen LogP contribution in [0.5, 0.6) is 0 Å². The van der Waals surface area contributed by atoms with Gasteiger partial charge in [-0.2, -0.15) is 0 Å². The summed E-state index contributed by atoms with van der Waals surface area (Å²) in [5.74, 6) is -0.618. The number of anilines is 1. The minimum absolute atomic E-state index is 0.168. The van der Waals surface area contributed by atoms with E-state index in [1.807, 2.05) is 24.3 Å². The predicted molar refractivity (Wildman–Crippen MR) is 104 cm³/mol. The SMILES string of the molecule is NC1CCC1C(=O)NC(Cc1ccc(N(CCCl)CCCl)cc1)C(=O)O. The molecule has 8 heteroatoms. The summed E-state index contributed by atoms with van der Waals surface area (Å²) in [7, 11) is 0. The first kappa shape index (κ1) is 20.8. The lowest BCUT2D eigenvalue weighted by Gasteiger charge is -2.33. The summed E-state index contributed by atoms with van der Waals surface area (Å²) in [6.07, 6.45) is 1.73. The zero-order valence-electron chi connectivity index (χ0n) is 14.5. The van der Waals surface area contributed by atoms with Crippen LogP contribution in [-0.2, 0) is 16.0 Å². The smallest absolute Gasteiger partial charge is 0.326 e. The van der Waals surface area contributed by atoms with Crippen LogP contribution in [0, 0.1) is 5.92 Å². The summed E-state index contributed by atoms with van der Waals surface area (Å²) < 4.78 is 0. The molecule has 2 rings (SSSR count). The highest BCUT2D eigenvalue weighted by Gasteiger charge is 2.35. The Labute approximate surface area is 163 Å². The number of carboxylic acids is 1. The van der Waals surface area contributed by atoms with Crippen molar-refractivity contribution in [2.75, 3.05) is 29.7 Å².